The fourth-order valence-corrected chi connectivity index (χ4v) is 4.90. The van der Waals surface area contributed by atoms with Crippen molar-refractivity contribution in [1.29, 1.82) is 0 Å². The summed E-state index contributed by atoms with van der Waals surface area (Å²) in [7, 11) is 0. The summed E-state index contributed by atoms with van der Waals surface area (Å²) < 4.78 is 12.1. The van der Waals surface area contributed by atoms with Crippen LogP contribution in [0.15, 0.2) is 82.0 Å². The third-order valence-electron chi connectivity index (χ3n) is 6.63. The van der Waals surface area contributed by atoms with Crippen molar-refractivity contribution in [2.24, 2.45) is 0 Å². The molecule has 1 atom stereocenters. The van der Waals surface area contributed by atoms with E-state index in [0.717, 1.165) is 18.7 Å². The van der Waals surface area contributed by atoms with Gasteiger partial charge in [0, 0.05) is 18.1 Å². The van der Waals surface area contributed by atoms with Crippen molar-refractivity contribution >= 4 is 28.5 Å². The molecular formula is C29H27ClN2O4. The van der Waals surface area contributed by atoms with Crippen LogP contribution < -0.4 is 10.2 Å². The predicted octanol–water partition coefficient (Wildman–Crippen LogP) is 6.13. The lowest BCUT2D eigenvalue weighted by Gasteiger charge is -2.28. The average Bonchev–Trinajstić information content (AvgIpc) is 3.17. The summed E-state index contributed by atoms with van der Waals surface area (Å²) in [4.78, 5) is 31.3. The second-order valence-corrected chi connectivity index (χ2v) is 9.17. The van der Waals surface area contributed by atoms with E-state index in [-0.39, 0.29) is 17.1 Å². The molecular weight excluding hydrogens is 476 g/mol. The summed E-state index contributed by atoms with van der Waals surface area (Å²) in [5, 5.41) is 0.800. The largest absolute Gasteiger partial charge is 0.457 e. The van der Waals surface area contributed by atoms with E-state index < -0.39 is 6.04 Å². The molecule has 1 aromatic heterocycles. The zero-order valence-corrected chi connectivity index (χ0v) is 21.0. The van der Waals surface area contributed by atoms with Crippen LogP contribution in [0.25, 0.3) is 11.0 Å². The van der Waals surface area contributed by atoms with Gasteiger partial charge in [-0.25, -0.2) is 0 Å². The number of amides is 1. The van der Waals surface area contributed by atoms with Gasteiger partial charge in [-0.3, -0.25) is 9.59 Å². The lowest BCUT2D eigenvalue weighted by molar-refractivity contribution is 0.0708. The number of hydrogen-bond acceptors (Lipinski definition) is 5. The van der Waals surface area contributed by atoms with Gasteiger partial charge in [0.25, 0.3) is 5.91 Å². The molecule has 3 aromatic carbocycles. The molecule has 6 nitrogen and oxygen atoms in total. The zero-order chi connectivity index (χ0) is 25.2. The topological polar surface area (TPSA) is 63.0 Å². The van der Waals surface area contributed by atoms with Gasteiger partial charge < -0.3 is 19.0 Å². The van der Waals surface area contributed by atoms with Gasteiger partial charge in [0.15, 0.2) is 5.43 Å². The van der Waals surface area contributed by atoms with E-state index in [1.165, 1.54) is 0 Å². The lowest BCUT2D eigenvalue weighted by Crippen LogP contribution is -2.37. The SMILES string of the molecule is CCN(CC)CCN1C(=O)c2oc3ccc(Cl)cc3c(=O)c2C1c1cccc(Oc2ccccc2)c1. The van der Waals surface area contributed by atoms with Gasteiger partial charge in [0.1, 0.15) is 17.1 Å². The van der Waals surface area contributed by atoms with Crippen LogP contribution in [-0.4, -0.2) is 41.9 Å². The molecule has 5 rings (SSSR count). The average molecular weight is 503 g/mol. The summed E-state index contributed by atoms with van der Waals surface area (Å²) in [6.07, 6.45) is 0. The molecule has 1 unspecified atom stereocenters. The summed E-state index contributed by atoms with van der Waals surface area (Å²) in [6, 6.07) is 21.3. The molecule has 4 aromatic rings. The van der Waals surface area contributed by atoms with Gasteiger partial charge in [-0.2, -0.15) is 0 Å². The number of likely N-dealkylation sites (N-methyl/N-ethyl adjacent to an activating group) is 1. The minimum absolute atomic E-state index is 0.0914. The minimum atomic E-state index is -0.595. The third kappa shape index (κ3) is 4.50. The van der Waals surface area contributed by atoms with E-state index in [1.807, 2.05) is 54.6 Å². The van der Waals surface area contributed by atoms with Crippen molar-refractivity contribution in [2.45, 2.75) is 19.9 Å². The Bertz CT molecular complexity index is 1460. The Hall–Kier alpha value is -3.61. The second-order valence-electron chi connectivity index (χ2n) is 8.73. The second kappa shape index (κ2) is 10.2. The summed E-state index contributed by atoms with van der Waals surface area (Å²) in [6.45, 7) is 7.06. The van der Waals surface area contributed by atoms with E-state index in [4.69, 9.17) is 20.8 Å². The maximum atomic E-state index is 13.7. The fourth-order valence-electron chi connectivity index (χ4n) is 4.73. The number of halogens is 1. The van der Waals surface area contributed by atoms with Crippen LogP contribution in [0, 0.1) is 0 Å². The Kier molecular flexibility index (Phi) is 6.81. The van der Waals surface area contributed by atoms with Crippen LogP contribution in [0.2, 0.25) is 5.02 Å². The minimum Gasteiger partial charge on any atom is -0.457 e. The number of carbonyl (C=O) groups excluding carboxylic acids is 1. The van der Waals surface area contributed by atoms with Crippen molar-refractivity contribution in [1.82, 2.24) is 9.80 Å². The molecule has 2 heterocycles. The Morgan fingerprint density at radius 2 is 1.69 bits per heavy atom. The highest BCUT2D eigenvalue weighted by Crippen LogP contribution is 2.39. The number of hydrogen-bond donors (Lipinski definition) is 0. The maximum absolute atomic E-state index is 13.7. The monoisotopic (exact) mass is 502 g/mol. The van der Waals surface area contributed by atoms with Crippen molar-refractivity contribution in [3.8, 4) is 11.5 Å². The highest BCUT2D eigenvalue weighted by atomic mass is 35.5. The van der Waals surface area contributed by atoms with Crippen molar-refractivity contribution < 1.29 is 13.9 Å². The Morgan fingerprint density at radius 1 is 0.944 bits per heavy atom. The number of benzene rings is 3. The fraction of sp³-hybridized carbons (Fsp3) is 0.241. The molecule has 0 radical (unpaired) electrons. The van der Waals surface area contributed by atoms with Crippen molar-refractivity contribution in [3.05, 3.63) is 105 Å². The number of nitrogens with zero attached hydrogens (tertiary/aromatic N) is 2. The van der Waals surface area contributed by atoms with Crippen LogP contribution in [0.5, 0.6) is 11.5 Å². The van der Waals surface area contributed by atoms with Gasteiger partial charge in [0.05, 0.1) is 17.0 Å². The summed E-state index contributed by atoms with van der Waals surface area (Å²) in [5.41, 5.74) is 1.23. The third-order valence-corrected chi connectivity index (χ3v) is 6.87. The normalized spacial score (nSPS) is 15.1. The van der Waals surface area contributed by atoms with E-state index in [9.17, 15) is 9.59 Å². The number of rotatable bonds is 8. The molecule has 36 heavy (non-hydrogen) atoms. The Labute approximate surface area is 214 Å². The first kappa shape index (κ1) is 24.1. The van der Waals surface area contributed by atoms with Gasteiger partial charge in [-0.05, 0) is 61.1 Å². The first-order valence-electron chi connectivity index (χ1n) is 12.1. The number of fused-ring (bicyclic) bond motifs is 2. The van der Waals surface area contributed by atoms with Gasteiger partial charge in [-0.15, -0.1) is 0 Å². The molecule has 0 bridgehead atoms. The summed E-state index contributed by atoms with van der Waals surface area (Å²) in [5.74, 6) is 1.13. The Morgan fingerprint density at radius 3 is 2.44 bits per heavy atom. The van der Waals surface area contributed by atoms with E-state index in [0.29, 0.717) is 46.1 Å². The molecule has 0 N–H and O–H groups in total. The van der Waals surface area contributed by atoms with Crippen molar-refractivity contribution in [2.75, 3.05) is 26.2 Å². The molecule has 7 heteroatoms. The highest BCUT2D eigenvalue weighted by Gasteiger charge is 2.42. The van der Waals surface area contributed by atoms with Crippen LogP contribution in [0.4, 0.5) is 0 Å². The highest BCUT2D eigenvalue weighted by molar-refractivity contribution is 6.31. The van der Waals surface area contributed by atoms with Gasteiger partial charge in [-0.1, -0.05) is 55.8 Å². The molecule has 0 spiro atoms. The maximum Gasteiger partial charge on any atom is 0.290 e. The number of carbonyl (C=O) groups is 1. The van der Waals surface area contributed by atoms with Crippen LogP contribution in [0.1, 0.15) is 41.6 Å². The first-order chi connectivity index (χ1) is 17.5. The first-order valence-corrected chi connectivity index (χ1v) is 12.5. The standard InChI is InChI=1S/C29H27ClN2O4/c1-3-31(4-2)15-16-32-26(19-9-8-12-22(17-19)35-21-10-6-5-7-11-21)25-27(33)23-18-20(30)13-14-24(23)36-28(25)29(32)34/h5-14,17-18,26H,3-4,15-16H2,1-2H3. The quantitative estimate of drug-likeness (QED) is 0.290. The molecule has 0 saturated carbocycles. The Balaban J connectivity index is 1.62. The lowest BCUT2D eigenvalue weighted by atomic mass is 9.98. The van der Waals surface area contributed by atoms with E-state index in [2.05, 4.69) is 18.7 Å². The molecule has 0 fully saturated rings. The van der Waals surface area contributed by atoms with E-state index >= 15 is 0 Å². The van der Waals surface area contributed by atoms with Gasteiger partial charge >= 0.3 is 0 Å². The van der Waals surface area contributed by atoms with E-state index in [1.54, 1.807) is 23.1 Å². The number of para-hydroxylation sites is 1. The summed E-state index contributed by atoms with van der Waals surface area (Å²) >= 11 is 6.19. The van der Waals surface area contributed by atoms with Crippen LogP contribution in [0.3, 0.4) is 0 Å². The van der Waals surface area contributed by atoms with Gasteiger partial charge in [0.2, 0.25) is 5.76 Å². The van der Waals surface area contributed by atoms with Crippen LogP contribution in [-0.2, 0) is 0 Å². The molecule has 0 aliphatic carbocycles. The molecule has 0 saturated heterocycles. The van der Waals surface area contributed by atoms with Crippen molar-refractivity contribution in [3.63, 3.8) is 0 Å². The zero-order valence-electron chi connectivity index (χ0n) is 20.2. The van der Waals surface area contributed by atoms with Crippen LogP contribution >= 0.6 is 11.6 Å². The molecule has 1 aliphatic heterocycles. The predicted molar refractivity (Wildman–Crippen MR) is 141 cm³/mol. The molecule has 184 valence electrons. The molecule has 1 aliphatic rings. The smallest absolute Gasteiger partial charge is 0.290 e. The molecule has 1 amide bonds. The number of ether oxygens (including phenoxy) is 1.